The standard InChI is InChI=1S/C13H19BrFN3/c1-13(2,3)18-12(16)17-7-6-9-4-5-11(15)10(14)8-9/h4-5,8H,6-7H2,1-3H3,(H3,16,17,18). The van der Waals surface area contributed by atoms with Crippen LogP contribution in [0.15, 0.2) is 27.7 Å². The van der Waals surface area contributed by atoms with Crippen LogP contribution in [0.4, 0.5) is 4.39 Å². The average molecular weight is 316 g/mol. The number of aliphatic imine (C=N–C) groups is 1. The largest absolute Gasteiger partial charge is 0.370 e. The zero-order valence-corrected chi connectivity index (χ0v) is 12.5. The second-order valence-electron chi connectivity index (χ2n) is 5.14. The summed E-state index contributed by atoms with van der Waals surface area (Å²) in [6.45, 7) is 6.64. The molecule has 0 aliphatic carbocycles. The molecule has 0 radical (unpaired) electrons. The van der Waals surface area contributed by atoms with E-state index in [-0.39, 0.29) is 11.4 Å². The first-order valence-corrected chi connectivity index (χ1v) is 6.59. The van der Waals surface area contributed by atoms with Gasteiger partial charge in [-0.05, 0) is 60.8 Å². The van der Waals surface area contributed by atoms with Gasteiger partial charge in [0.2, 0.25) is 0 Å². The molecule has 5 heteroatoms. The van der Waals surface area contributed by atoms with E-state index in [0.29, 0.717) is 17.0 Å². The summed E-state index contributed by atoms with van der Waals surface area (Å²) in [7, 11) is 0. The first-order valence-electron chi connectivity index (χ1n) is 5.80. The van der Waals surface area contributed by atoms with Crippen molar-refractivity contribution in [2.75, 3.05) is 6.54 Å². The van der Waals surface area contributed by atoms with Crippen LogP contribution in [-0.2, 0) is 6.42 Å². The lowest BCUT2D eigenvalue weighted by atomic mass is 10.1. The number of nitrogens with zero attached hydrogens (tertiary/aromatic N) is 1. The van der Waals surface area contributed by atoms with Crippen LogP contribution in [0, 0.1) is 5.82 Å². The third kappa shape index (κ3) is 5.49. The zero-order chi connectivity index (χ0) is 13.8. The van der Waals surface area contributed by atoms with Gasteiger partial charge in [0.05, 0.1) is 4.47 Å². The second-order valence-corrected chi connectivity index (χ2v) is 5.99. The molecule has 1 aromatic carbocycles. The lowest BCUT2D eigenvalue weighted by Gasteiger charge is -2.20. The maximum atomic E-state index is 13.0. The molecule has 1 rings (SSSR count). The van der Waals surface area contributed by atoms with Crippen molar-refractivity contribution in [1.82, 2.24) is 5.32 Å². The Morgan fingerprint density at radius 1 is 1.44 bits per heavy atom. The number of halogens is 2. The molecule has 1 aromatic rings. The van der Waals surface area contributed by atoms with Gasteiger partial charge in [-0.25, -0.2) is 4.39 Å². The van der Waals surface area contributed by atoms with Gasteiger partial charge in [0.15, 0.2) is 5.96 Å². The molecule has 0 fully saturated rings. The van der Waals surface area contributed by atoms with Gasteiger partial charge in [-0.3, -0.25) is 4.99 Å². The molecule has 3 nitrogen and oxygen atoms in total. The molecule has 0 heterocycles. The fourth-order valence-electron chi connectivity index (χ4n) is 1.42. The van der Waals surface area contributed by atoms with E-state index in [0.717, 1.165) is 12.0 Å². The fraction of sp³-hybridized carbons (Fsp3) is 0.462. The minimum atomic E-state index is -0.254. The summed E-state index contributed by atoms with van der Waals surface area (Å²) in [6, 6.07) is 4.96. The third-order valence-corrected chi connectivity index (χ3v) is 2.78. The Kier molecular flexibility index (Phi) is 5.14. The summed E-state index contributed by atoms with van der Waals surface area (Å²) >= 11 is 3.16. The van der Waals surface area contributed by atoms with Crippen molar-refractivity contribution < 1.29 is 4.39 Å². The number of rotatable bonds is 3. The number of nitrogens with one attached hydrogen (secondary N) is 1. The van der Waals surface area contributed by atoms with Crippen molar-refractivity contribution in [3.05, 3.63) is 34.1 Å². The van der Waals surface area contributed by atoms with Gasteiger partial charge in [0.25, 0.3) is 0 Å². The van der Waals surface area contributed by atoms with E-state index in [2.05, 4.69) is 26.2 Å². The van der Waals surface area contributed by atoms with Gasteiger partial charge >= 0.3 is 0 Å². The van der Waals surface area contributed by atoms with Gasteiger partial charge < -0.3 is 11.1 Å². The molecule has 0 aliphatic heterocycles. The summed E-state index contributed by atoms with van der Waals surface area (Å²) < 4.78 is 13.5. The van der Waals surface area contributed by atoms with Crippen molar-refractivity contribution in [3.63, 3.8) is 0 Å². The third-order valence-electron chi connectivity index (χ3n) is 2.17. The highest BCUT2D eigenvalue weighted by atomic mass is 79.9. The summed E-state index contributed by atoms with van der Waals surface area (Å²) in [5, 5.41) is 3.08. The lowest BCUT2D eigenvalue weighted by Crippen LogP contribution is -2.45. The molecule has 0 aliphatic rings. The Balaban J connectivity index is 2.50. The fourth-order valence-corrected chi connectivity index (χ4v) is 1.85. The Labute approximate surface area is 116 Å². The first-order chi connectivity index (χ1) is 8.28. The predicted octanol–water partition coefficient (Wildman–Crippen LogP) is 2.83. The zero-order valence-electron chi connectivity index (χ0n) is 10.9. The Hall–Kier alpha value is -1.10. The highest BCUT2D eigenvalue weighted by Gasteiger charge is 2.09. The molecule has 100 valence electrons. The van der Waals surface area contributed by atoms with E-state index < -0.39 is 0 Å². The number of benzene rings is 1. The summed E-state index contributed by atoms with van der Waals surface area (Å²) in [5.74, 6) is 0.180. The van der Waals surface area contributed by atoms with Crippen LogP contribution in [0.1, 0.15) is 26.3 Å². The first kappa shape index (κ1) is 15.0. The monoisotopic (exact) mass is 315 g/mol. The molecule has 0 aromatic heterocycles. The van der Waals surface area contributed by atoms with Gasteiger partial charge in [-0.15, -0.1) is 0 Å². The summed E-state index contributed by atoms with van der Waals surface area (Å²) in [5.41, 5.74) is 6.68. The van der Waals surface area contributed by atoms with E-state index in [9.17, 15) is 4.39 Å². The molecule has 0 bridgehead atoms. The van der Waals surface area contributed by atoms with Crippen LogP contribution in [0.3, 0.4) is 0 Å². The molecule has 0 atom stereocenters. The maximum absolute atomic E-state index is 13.0. The van der Waals surface area contributed by atoms with Gasteiger partial charge in [0.1, 0.15) is 5.82 Å². The van der Waals surface area contributed by atoms with Gasteiger partial charge in [0, 0.05) is 12.1 Å². The van der Waals surface area contributed by atoms with Crippen LogP contribution in [-0.4, -0.2) is 18.0 Å². The lowest BCUT2D eigenvalue weighted by molar-refractivity contribution is 0.508. The molecular formula is C13H19BrFN3. The minimum absolute atomic E-state index is 0.0908. The molecule has 3 N–H and O–H groups in total. The van der Waals surface area contributed by atoms with Crippen LogP contribution < -0.4 is 11.1 Å². The number of guanidine groups is 1. The minimum Gasteiger partial charge on any atom is -0.370 e. The number of nitrogens with two attached hydrogens (primary N) is 1. The van der Waals surface area contributed by atoms with Gasteiger partial charge in [-0.2, -0.15) is 0 Å². The molecule has 0 unspecified atom stereocenters. The normalized spacial score (nSPS) is 12.6. The molecule has 18 heavy (non-hydrogen) atoms. The SMILES string of the molecule is CC(C)(C)NC(N)=NCCc1ccc(F)c(Br)c1. The summed E-state index contributed by atoms with van der Waals surface area (Å²) in [6.07, 6.45) is 0.728. The predicted molar refractivity (Wildman–Crippen MR) is 77.2 cm³/mol. The van der Waals surface area contributed by atoms with Crippen LogP contribution >= 0.6 is 15.9 Å². The van der Waals surface area contributed by atoms with Crippen LogP contribution in [0.5, 0.6) is 0 Å². The smallest absolute Gasteiger partial charge is 0.188 e. The van der Waals surface area contributed by atoms with E-state index in [1.807, 2.05) is 20.8 Å². The van der Waals surface area contributed by atoms with Crippen molar-refractivity contribution in [3.8, 4) is 0 Å². The Bertz CT molecular complexity index is 438. The van der Waals surface area contributed by atoms with E-state index in [1.54, 1.807) is 12.1 Å². The van der Waals surface area contributed by atoms with Crippen LogP contribution in [0.25, 0.3) is 0 Å². The molecule has 0 saturated carbocycles. The average Bonchev–Trinajstić information content (AvgIpc) is 2.20. The highest BCUT2D eigenvalue weighted by molar-refractivity contribution is 9.10. The van der Waals surface area contributed by atoms with E-state index in [4.69, 9.17) is 5.73 Å². The van der Waals surface area contributed by atoms with Crippen LogP contribution in [0.2, 0.25) is 0 Å². The summed E-state index contributed by atoms with van der Waals surface area (Å²) in [4.78, 5) is 4.23. The van der Waals surface area contributed by atoms with E-state index >= 15 is 0 Å². The quantitative estimate of drug-likeness (QED) is 0.665. The topological polar surface area (TPSA) is 50.4 Å². The maximum Gasteiger partial charge on any atom is 0.188 e. The highest BCUT2D eigenvalue weighted by Crippen LogP contribution is 2.17. The Morgan fingerprint density at radius 2 is 2.11 bits per heavy atom. The van der Waals surface area contributed by atoms with Crippen molar-refractivity contribution in [2.45, 2.75) is 32.7 Å². The Morgan fingerprint density at radius 3 is 2.67 bits per heavy atom. The number of hydrogen-bond acceptors (Lipinski definition) is 1. The van der Waals surface area contributed by atoms with E-state index in [1.165, 1.54) is 6.07 Å². The number of hydrogen-bond donors (Lipinski definition) is 2. The molecule has 0 amide bonds. The van der Waals surface area contributed by atoms with Gasteiger partial charge in [-0.1, -0.05) is 6.07 Å². The molecule has 0 saturated heterocycles. The molecular weight excluding hydrogens is 297 g/mol. The van der Waals surface area contributed by atoms with Crippen molar-refractivity contribution >= 4 is 21.9 Å². The second kappa shape index (κ2) is 6.18. The van der Waals surface area contributed by atoms with Crippen molar-refractivity contribution in [1.29, 1.82) is 0 Å². The molecule has 0 spiro atoms. The van der Waals surface area contributed by atoms with Crippen molar-refractivity contribution in [2.24, 2.45) is 10.7 Å².